The summed E-state index contributed by atoms with van der Waals surface area (Å²) < 4.78 is 26.1. The van der Waals surface area contributed by atoms with Gasteiger partial charge in [-0.1, -0.05) is 13.0 Å². The summed E-state index contributed by atoms with van der Waals surface area (Å²) in [6.07, 6.45) is 1.17. The van der Waals surface area contributed by atoms with Gasteiger partial charge in [-0.25, -0.2) is 8.78 Å². The molecule has 0 aromatic heterocycles. The molecule has 0 aliphatic carbocycles. The van der Waals surface area contributed by atoms with Gasteiger partial charge in [-0.2, -0.15) is 0 Å². The van der Waals surface area contributed by atoms with Crippen LogP contribution < -0.4 is 5.73 Å². The fourth-order valence-corrected chi connectivity index (χ4v) is 2.64. The van der Waals surface area contributed by atoms with E-state index in [4.69, 9.17) is 5.73 Å². The van der Waals surface area contributed by atoms with Crippen LogP contribution in [-0.4, -0.2) is 49.1 Å². The maximum Gasteiger partial charge on any atom is 0.159 e. The first-order valence-electron chi connectivity index (χ1n) is 7.25. The van der Waals surface area contributed by atoms with Crippen molar-refractivity contribution in [3.63, 3.8) is 0 Å². The highest BCUT2D eigenvalue weighted by molar-refractivity contribution is 5.21. The lowest BCUT2D eigenvalue weighted by atomic mass is 10.1. The minimum Gasteiger partial charge on any atom is -0.323 e. The Morgan fingerprint density at radius 3 is 2.35 bits per heavy atom. The number of hydrogen-bond donors (Lipinski definition) is 1. The molecule has 1 heterocycles. The largest absolute Gasteiger partial charge is 0.323 e. The Labute approximate surface area is 119 Å². The Hall–Kier alpha value is -1.04. The number of halogens is 2. The fourth-order valence-electron chi connectivity index (χ4n) is 2.64. The van der Waals surface area contributed by atoms with E-state index in [2.05, 4.69) is 16.7 Å². The van der Waals surface area contributed by atoms with E-state index in [-0.39, 0.29) is 6.04 Å². The van der Waals surface area contributed by atoms with Crippen molar-refractivity contribution in [2.24, 2.45) is 5.73 Å². The highest BCUT2D eigenvalue weighted by Gasteiger charge is 2.19. The smallest absolute Gasteiger partial charge is 0.159 e. The number of hydrogen-bond acceptors (Lipinski definition) is 3. The maximum atomic E-state index is 13.2. The van der Waals surface area contributed by atoms with E-state index in [1.165, 1.54) is 12.5 Å². The molecule has 112 valence electrons. The predicted octanol–water partition coefficient (Wildman–Crippen LogP) is 1.99. The monoisotopic (exact) mass is 283 g/mol. The van der Waals surface area contributed by atoms with Gasteiger partial charge in [0, 0.05) is 38.8 Å². The van der Waals surface area contributed by atoms with Crippen LogP contribution in [0.15, 0.2) is 18.2 Å². The zero-order chi connectivity index (χ0) is 14.5. The van der Waals surface area contributed by atoms with Gasteiger partial charge in [0.25, 0.3) is 0 Å². The molecule has 1 aliphatic heterocycles. The topological polar surface area (TPSA) is 32.5 Å². The van der Waals surface area contributed by atoms with Gasteiger partial charge in [0.2, 0.25) is 0 Å². The van der Waals surface area contributed by atoms with Crippen molar-refractivity contribution in [1.29, 1.82) is 0 Å². The van der Waals surface area contributed by atoms with Crippen molar-refractivity contribution in [2.75, 3.05) is 39.3 Å². The molecule has 0 spiro atoms. The molecule has 5 heteroatoms. The second-order valence-electron chi connectivity index (χ2n) is 5.42. The lowest BCUT2D eigenvalue weighted by Gasteiger charge is -2.35. The molecule has 2 N–H and O–H groups in total. The molecule has 0 amide bonds. The van der Waals surface area contributed by atoms with E-state index in [0.717, 1.165) is 38.8 Å². The summed E-state index contributed by atoms with van der Waals surface area (Å²) >= 11 is 0. The van der Waals surface area contributed by atoms with Crippen LogP contribution in [0.25, 0.3) is 0 Å². The number of benzene rings is 1. The van der Waals surface area contributed by atoms with E-state index in [9.17, 15) is 8.78 Å². The maximum absolute atomic E-state index is 13.2. The Morgan fingerprint density at radius 2 is 1.75 bits per heavy atom. The van der Waals surface area contributed by atoms with Gasteiger partial charge in [-0.15, -0.1) is 0 Å². The number of nitrogens with zero attached hydrogens (tertiary/aromatic N) is 2. The molecule has 1 unspecified atom stereocenters. The molecule has 20 heavy (non-hydrogen) atoms. The molecule has 0 saturated carbocycles. The first-order valence-corrected chi connectivity index (χ1v) is 7.25. The molecule has 1 fully saturated rings. The van der Waals surface area contributed by atoms with Crippen molar-refractivity contribution in [2.45, 2.75) is 19.4 Å². The fraction of sp³-hybridized carbons (Fsp3) is 0.600. The van der Waals surface area contributed by atoms with Crippen LogP contribution >= 0.6 is 0 Å². The number of nitrogens with two attached hydrogens (primary N) is 1. The SMILES string of the molecule is CCCN1CCN(CC(N)c2ccc(F)c(F)c2)CC1. The second kappa shape index (κ2) is 7.11. The summed E-state index contributed by atoms with van der Waals surface area (Å²) in [5.74, 6) is -1.65. The van der Waals surface area contributed by atoms with Crippen molar-refractivity contribution >= 4 is 0 Å². The molecule has 3 nitrogen and oxygen atoms in total. The Balaban J connectivity index is 1.85. The van der Waals surface area contributed by atoms with Gasteiger partial charge in [-0.05, 0) is 30.7 Å². The molecule has 2 rings (SSSR count). The van der Waals surface area contributed by atoms with Gasteiger partial charge < -0.3 is 10.6 Å². The van der Waals surface area contributed by atoms with Gasteiger partial charge in [0.05, 0.1) is 0 Å². The van der Waals surface area contributed by atoms with Gasteiger partial charge >= 0.3 is 0 Å². The summed E-state index contributed by atoms with van der Waals surface area (Å²) in [6.45, 7) is 8.09. The normalized spacial score (nSPS) is 19.2. The molecule has 1 atom stereocenters. The van der Waals surface area contributed by atoms with E-state index in [1.54, 1.807) is 6.07 Å². The van der Waals surface area contributed by atoms with Gasteiger partial charge in [-0.3, -0.25) is 4.90 Å². The van der Waals surface area contributed by atoms with Crippen LogP contribution in [-0.2, 0) is 0 Å². The molecule has 1 aromatic rings. The van der Waals surface area contributed by atoms with Crippen LogP contribution in [0.3, 0.4) is 0 Å². The Kier molecular flexibility index (Phi) is 5.46. The molecule has 0 bridgehead atoms. The van der Waals surface area contributed by atoms with E-state index < -0.39 is 11.6 Å². The van der Waals surface area contributed by atoms with Gasteiger partial charge in [0.1, 0.15) is 0 Å². The number of rotatable bonds is 5. The van der Waals surface area contributed by atoms with Crippen LogP contribution in [0.5, 0.6) is 0 Å². The van der Waals surface area contributed by atoms with E-state index in [1.807, 2.05) is 0 Å². The van der Waals surface area contributed by atoms with Crippen LogP contribution in [0.1, 0.15) is 24.9 Å². The summed E-state index contributed by atoms with van der Waals surface area (Å²) in [7, 11) is 0. The van der Waals surface area contributed by atoms with Crippen LogP contribution in [0, 0.1) is 11.6 Å². The third-order valence-corrected chi connectivity index (χ3v) is 3.83. The lowest BCUT2D eigenvalue weighted by molar-refractivity contribution is 0.127. The second-order valence-corrected chi connectivity index (χ2v) is 5.42. The average molecular weight is 283 g/mol. The molecule has 1 saturated heterocycles. The standard InChI is InChI=1S/C15H23F2N3/c1-2-5-19-6-8-20(9-7-19)11-15(18)12-3-4-13(16)14(17)10-12/h3-4,10,15H,2,5-9,11,18H2,1H3. The lowest BCUT2D eigenvalue weighted by Crippen LogP contribution is -2.48. The minimum atomic E-state index is -0.828. The minimum absolute atomic E-state index is 0.275. The van der Waals surface area contributed by atoms with Crippen molar-refractivity contribution in [3.05, 3.63) is 35.4 Å². The molecular formula is C15H23F2N3. The zero-order valence-corrected chi connectivity index (χ0v) is 12.0. The van der Waals surface area contributed by atoms with E-state index >= 15 is 0 Å². The van der Waals surface area contributed by atoms with Crippen LogP contribution in [0.4, 0.5) is 8.78 Å². The Morgan fingerprint density at radius 1 is 1.10 bits per heavy atom. The van der Waals surface area contributed by atoms with Crippen LogP contribution in [0.2, 0.25) is 0 Å². The molecule has 0 radical (unpaired) electrons. The summed E-state index contributed by atoms with van der Waals surface area (Å²) in [5, 5.41) is 0. The molecule has 1 aliphatic rings. The van der Waals surface area contributed by atoms with Gasteiger partial charge in [0.15, 0.2) is 11.6 Å². The quantitative estimate of drug-likeness (QED) is 0.897. The molecular weight excluding hydrogens is 260 g/mol. The average Bonchev–Trinajstić information content (AvgIpc) is 2.44. The molecule has 1 aromatic carbocycles. The van der Waals surface area contributed by atoms with Crippen molar-refractivity contribution < 1.29 is 8.78 Å². The highest BCUT2D eigenvalue weighted by Crippen LogP contribution is 2.16. The summed E-state index contributed by atoms with van der Waals surface area (Å²) in [6, 6.07) is 3.64. The summed E-state index contributed by atoms with van der Waals surface area (Å²) in [4.78, 5) is 4.73. The van der Waals surface area contributed by atoms with E-state index in [0.29, 0.717) is 12.1 Å². The first kappa shape index (κ1) is 15.4. The third-order valence-electron chi connectivity index (χ3n) is 3.83. The van der Waals surface area contributed by atoms with Crippen molar-refractivity contribution in [1.82, 2.24) is 9.80 Å². The summed E-state index contributed by atoms with van der Waals surface area (Å²) in [5.41, 5.74) is 6.75. The van der Waals surface area contributed by atoms with Crippen molar-refractivity contribution in [3.8, 4) is 0 Å². The highest BCUT2D eigenvalue weighted by atomic mass is 19.2. The third kappa shape index (κ3) is 3.98. The zero-order valence-electron chi connectivity index (χ0n) is 12.0. The number of piperazine rings is 1. The first-order chi connectivity index (χ1) is 9.60. The Bertz CT molecular complexity index is 431. The predicted molar refractivity (Wildman–Crippen MR) is 76.5 cm³/mol.